The predicted octanol–water partition coefficient (Wildman–Crippen LogP) is 6.05. The molecule has 0 bridgehead atoms. The molecule has 2 aromatic carbocycles. The lowest BCUT2D eigenvalue weighted by atomic mass is 10.0. The van der Waals surface area contributed by atoms with Crippen LogP contribution in [0.2, 0.25) is 0 Å². The maximum Gasteiger partial charge on any atom is 0.411 e. The fourth-order valence-electron chi connectivity index (χ4n) is 4.47. The van der Waals surface area contributed by atoms with Gasteiger partial charge in [0.1, 0.15) is 18.0 Å². The molecule has 5 rings (SSSR count). The third-order valence-corrected chi connectivity index (χ3v) is 6.54. The summed E-state index contributed by atoms with van der Waals surface area (Å²) >= 11 is 0. The van der Waals surface area contributed by atoms with Crippen LogP contribution >= 0.6 is 0 Å². The number of anilines is 1. The predicted molar refractivity (Wildman–Crippen MR) is 156 cm³/mol. The molecule has 0 aliphatic carbocycles. The first-order valence-electron chi connectivity index (χ1n) is 13.3. The molecule has 1 saturated heterocycles. The molecular formula is C31H36N4O5. The lowest BCUT2D eigenvalue weighted by molar-refractivity contribution is -0.0203. The largest absolute Gasteiger partial charge is 0.496 e. The number of methoxy groups -OCH3 is 1. The Bertz CT molecular complexity index is 1440. The van der Waals surface area contributed by atoms with Crippen LogP contribution in [0.1, 0.15) is 35.2 Å². The highest BCUT2D eigenvalue weighted by molar-refractivity contribution is 6.02. The molecule has 2 N–H and O–H groups in total. The van der Waals surface area contributed by atoms with E-state index in [1.165, 1.54) is 4.90 Å². The van der Waals surface area contributed by atoms with Gasteiger partial charge in [-0.2, -0.15) is 0 Å². The molecule has 1 fully saturated rings. The first kappa shape index (κ1) is 28.6. The third-order valence-electron chi connectivity index (χ3n) is 6.54. The van der Waals surface area contributed by atoms with Crippen LogP contribution in [-0.2, 0) is 9.47 Å². The van der Waals surface area contributed by atoms with Gasteiger partial charge in [0.25, 0.3) is 5.91 Å². The molecular weight excluding hydrogens is 508 g/mol. The highest BCUT2D eigenvalue weighted by atomic mass is 16.6. The van der Waals surface area contributed by atoms with E-state index in [1.54, 1.807) is 45.5 Å². The third kappa shape index (κ3) is 7.18. The lowest BCUT2D eigenvalue weighted by Crippen LogP contribution is -2.28. The number of hydrogen-bond donors (Lipinski definition) is 2. The number of nitrogens with zero attached hydrogens (tertiary/aromatic N) is 2. The maximum atomic E-state index is 12.1. The Morgan fingerprint density at radius 1 is 1.10 bits per heavy atom. The van der Waals surface area contributed by atoms with Gasteiger partial charge < -0.3 is 24.1 Å². The average molecular weight is 545 g/mol. The van der Waals surface area contributed by atoms with E-state index in [1.807, 2.05) is 37.5 Å². The average Bonchev–Trinajstić information content (AvgIpc) is 3.39. The number of amides is 2. The van der Waals surface area contributed by atoms with Crippen LogP contribution < -0.4 is 10.1 Å². The number of pyridine rings is 1. The molecule has 2 amide bonds. The van der Waals surface area contributed by atoms with Gasteiger partial charge in [-0.05, 0) is 56.0 Å². The Balaban J connectivity index is 0.000000188. The Labute approximate surface area is 234 Å². The SMILES string of the molecule is CN(C)C(=O)c1ccccc1NC(=O)OCC1CCCCO1.COc1ccccc1-c1c[nH]c2ncc(C)cc12. The number of carbonyl (C=O) groups is 2. The number of nitrogens with one attached hydrogen (secondary N) is 2. The summed E-state index contributed by atoms with van der Waals surface area (Å²) in [5.74, 6) is 0.700. The molecule has 1 atom stereocenters. The number of rotatable bonds is 6. The standard InChI is InChI=1S/C16H22N2O4.C15H14N2O/c1-18(2)15(19)13-8-3-4-9-14(13)17-16(20)22-11-12-7-5-6-10-21-12;1-10-7-12-13(9-17-15(12)16-8-10)11-5-3-4-6-14(11)18-2/h3-4,8-9,12H,5-7,10-11H2,1-2H3,(H,17,20);3-9H,1-2H3,(H,16,17). The van der Waals surface area contributed by atoms with Gasteiger partial charge in [0.15, 0.2) is 0 Å². The summed E-state index contributed by atoms with van der Waals surface area (Å²) in [5, 5.41) is 3.75. The van der Waals surface area contributed by atoms with Gasteiger partial charge in [-0.15, -0.1) is 0 Å². The monoisotopic (exact) mass is 544 g/mol. The number of hydrogen-bond acceptors (Lipinski definition) is 6. The van der Waals surface area contributed by atoms with Crippen LogP contribution in [0.25, 0.3) is 22.2 Å². The van der Waals surface area contributed by atoms with E-state index in [9.17, 15) is 9.59 Å². The summed E-state index contributed by atoms with van der Waals surface area (Å²) in [6.07, 6.45) is 6.30. The van der Waals surface area contributed by atoms with E-state index in [0.717, 1.165) is 59.3 Å². The van der Waals surface area contributed by atoms with Crippen molar-refractivity contribution in [1.29, 1.82) is 0 Å². The van der Waals surface area contributed by atoms with Crippen LogP contribution in [0.5, 0.6) is 5.75 Å². The van der Waals surface area contributed by atoms with Gasteiger partial charge in [0.2, 0.25) is 0 Å². The van der Waals surface area contributed by atoms with Crippen LogP contribution in [0, 0.1) is 6.92 Å². The fraction of sp³-hybridized carbons (Fsp3) is 0.323. The number of carbonyl (C=O) groups excluding carboxylic acids is 2. The minimum atomic E-state index is -0.576. The van der Waals surface area contributed by atoms with Gasteiger partial charge in [0.05, 0.1) is 24.5 Å². The van der Waals surface area contributed by atoms with Crippen molar-refractivity contribution in [3.63, 3.8) is 0 Å². The van der Waals surface area contributed by atoms with Crippen molar-refractivity contribution in [2.45, 2.75) is 32.3 Å². The number of ether oxygens (including phenoxy) is 3. The Hall–Kier alpha value is -4.37. The maximum absolute atomic E-state index is 12.1. The second kappa shape index (κ2) is 13.6. The molecule has 0 spiro atoms. The molecule has 1 aliphatic rings. The molecule has 40 heavy (non-hydrogen) atoms. The summed E-state index contributed by atoms with van der Waals surface area (Å²) in [4.78, 5) is 33.0. The molecule has 210 valence electrons. The van der Waals surface area contributed by atoms with Crippen molar-refractivity contribution in [3.05, 3.63) is 78.1 Å². The van der Waals surface area contributed by atoms with E-state index in [2.05, 4.69) is 27.4 Å². The van der Waals surface area contributed by atoms with Gasteiger partial charge in [-0.1, -0.05) is 30.3 Å². The molecule has 4 aromatic rings. The fourth-order valence-corrected chi connectivity index (χ4v) is 4.47. The second-order valence-electron chi connectivity index (χ2n) is 9.77. The number of fused-ring (bicyclic) bond motifs is 1. The van der Waals surface area contributed by atoms with Gasteiger partial charge in [-0.25, -0.2) is 9.78 Å². The van der Waals surface area contributed by atoms with Gasteiger partial charge in [-0.3, -0.25) is 10.1 Å². The smallest absolute Gasteiger partial charge is 0.411 e. The summed E-state index contributed by atoms with van der Waals surface area (Å²) < 4.78 is 16.1. The quantitative estimate of drug-likeness (QED) is 0.306. The Morgan fingerprint density at radius 2 is 1.88 bits per heavy atom. The molecule has 3 heterocycles. The molecule has 0 radical (unpaired) electrons. The summed E-state index contributed by atoms with van der Waals surface area (Å²) in [6, 6.07) is 17.0. The van der Waals surface area contributed by atoms with Crippen molar-refractivity contribution in [2.24, 2.45) is 0 Å². The van der Waals surface area contributed by atoms with E-state index >= 15 is 0 Å². The van der Waals surface area contributed by atoms with E-state index in [0.29, 0.717) is 11.3 Å². The summed E-state index contributed by atoms with van der Waals surface area (Å²) in [5.41, 5.74) is 5.13. The zero-order valence-electron chi connectivity index (χ0n) is 23.4. The number of H-pyrrole nitrogens is 1. The van der Waals surface area contributed by atoms with Crippen LogP contribution in [0.4, 0.5) is 10.5 Å². The number of benzene rings is 2. The normalized spacial score (nSPS) is 14.6. The lowest BCUT2D eigenvalue weighted by Gasteiger charge is -2.22. The zero-order chi connectivity index (χ0) is 28.5. The van der Waals surface area contributed by atoms with Crippen molar-refractivity contribution < 1.29 is 23.8 Å². The zero-order valence-corrected chi connectivity index (χ0v) is 23.4. The molecule has 2 aromatic heterocycles. The van der Waals surface area contributed by atoms with Crippen molar-refractivity contribution in [1.82, 2.24) is 14.9 Å². The number of aromatic amines is 1. The number of para-hydroxylation sites is 2. The minimum absolute atomic E-state index is 0.0295. The van der Waals surface area contributed by atoms with E-state index in [-0.39, 0.29) is 18.6 Å². The first-order valence-corrected chi connectivity index (χ1v) is 13.3. The molecule has 9 nitrogen and oxygen atoms in total. The van der Waals surface area contributed by atoms with Gasteiger partial charge in [0, 0.05) is 49.6 Å². The molecule has 1 aliphatic heterocycles. The van der Waals surface area contributed by atoms with Crippen molar-refractivity contribution in [3.8, 4) is 16.9 Å². The van der Waals surface area contributed by atoms with Crippen LogP contribution in [0.15, 0.2) is 67.0 Å². The first-order chi connectivity index (χ1) is 19.4. The highest BCUT2D eigenvalue weighted by Gasteiger charge is 2.18. The van der Waals surface area contributed by atoms with Gasteiger partial charge >= 0.3 is 6.09 Å². The summed E-state index contributed by atoms with van der Waals surface area (Å²) in [7, 11) is 5.02. The molecule has 0 saturated carbocycles. The Morgan fingerprint density at radius 3 is 2.62 bits per heavy atom. The minimum Gasteiger partial charge on any atom is -0.496 e. The van der Waals surface area contributed by atoms with E-state index < -0.39 is 6.09 Å². The number of aromatic nitrogens is 2. The summed E-state index contributed by atoms with van der Waals surface area (Å²) in [6.45, 7) is 3.00. The van der Waals surface area contributed by atoms with Crippen LogP contribution in [-0.4, -0.2) is 67.4 Å². The topological polar surface area (TPSA) is 106 Å². The van der Waals surface area contributed by atoms with Crippen molar-refractivity contribution >= 4 is 28.7 Å². The van der Waals surface area contributed by atoms with Crippen LogP contribution in [0.3, 0.4) is 0 Å². The molecule has 1 unspecified atom stereocenters. The number of aryl methyl sites for hydroxylation is 1. The van der Waals surface area contributed by atoms with Crippen molar-refractivity contribution in [2.75, 3.05) is 39.7 Å². The molecule has 9 heteroatoms. The van der Waals surface area contributed by atoms with E-state index in [4.69, 9.17) is 14.2 Å². The second-order valence-corrected chi connectivity index (χ2v) is 9.77. The highest BCUT2D eigenvalue weighted by Crippen LogP contribution is 2.34. The Kier molecular flexibility index (Phi) is 9.75.